The summed E-state index contributed by atoms with van der Waals surface area (Å²) in [5, 5.41) is 0. The molecule has 0 amide bonds. The van der Waals surface area contributed by atoms with Gasteiger partial charge in [0.15, 0.2) is 6.10 Å². The van der Waals surface area contributed by atoms with Gasteiger partial charge in [-0.05, 0) is 103 Å². The number of rotatable bonds is 49. The third kappa shape index (κ3) is 53.0. The third-order valence-electron chi connectivity index (χ3n) is 11.5. The summed E-state index contributed by atoms with van der Waals surface area (Å²) in [7, 11) is 0. The van der Waals surface area contributed by atoms with Gasteiger partial charge in [0.1, 0.15) is 13.2 Å². The van der Waals surface area contributed by atoms with Crippen LogP contribution in [0.2, 0.25) is 0 Å². The van der Waals surface area contributed by atoms with Crippen molar-refractivity contribution in [2.75, 3.05) is 13.2 Å². The molecule has 0 saturated carbocycles. The van der Waals surface area contributed by atoms with Crippen LogP contribution in [-0.2, 0) is 28.6 Å². The molecule has 0 aromatic carbocycles. The molecule has 0 bridgehead atoms. The molecule has 0 spiro atoms. The topological polar surface area (TPSA) is 78.9 Å². The van der Waals surface area contributed by atoms with Crippen molar-refractivity contribution in [3.63, 3.8) is 0 Å². The molecule has 0 aliphatic rings. The fourth-order valence-electron chi connectivity index (χ4n) is 7.40. The summed E-state index contributed by atoms with van der Waals surface area (Å²) >= 11 is 0. The van der Waals surface area contributed by atoms with Crippen molar-refractivity contribution in [1.29, 1.82) is 0 Å². The molecule has 0 rings (SSSR count). The first-order valence-corrected chi connectivity index (χ1v) is 27.9. The minimum absolute atomic E-state index is 0.0870. The zero-order valence-corrected chi connectivity index (χ0v) is 44.1. The molecule has 0 fully saturated rings. The van der Waals surface area contributed by atoms with Crippen molar-refractivity contribution in [1.82, 2.24) is 0 Å². The summed E-state index contributed by atoms with van der Waals surface area (Å²) in [6, 6.07) is 0. The highest BCUT2D eigenvalue weighted by Gasteiger charge is 2.19. The molecule has 0 aliphatic carbocycles. The maximum Gasteiger partial charge on any atom is 0.306 e. The summed E-state index contributed by atoms with van der Waals surface area (Å²) < 4.78 is 16.7. The van der Waals surface area contributed by atoms with Crippen LogP contribution in [0.25, 0.3) is 0 Å². The predicted molar refractivity (Wildman–Crippen MR) is 293 cm³/mol. The van der Waals surface area contributed by atoms with Gasteiger partial charge in [-0.15, -0.1) is 0 Å². The SMILES string of the molecule is CC/C=C\C/C=C\C/C=C\C/C=C\C/C=C\CCCCCCCCCCCC(=O)OCC(COC(=O)CCCCCCCC)OC(=O)CCCCCCCC/C=C\C/C=C\C/C=C\C/C=C\CC. The van der Waals surface area contributed by atoms with E-state index in [0.29, 0.717) is 19.3 Å². The van der Waals surface area contributed by atoms with Gasteiger partial charge in [0.2, 0.25) is 0 Å². The quantitative estimate of drug-likeness (QED) is 0.0262. The van der Waals surface area contributed by atoms with Gasteiger partial charge in [-0.3, -0.25) is 14.4 Å². The number of unbranched alkanes of at least 4 members (excludes halogenated alkanes) is 20. The van der Waals surface area contributed by atoms with E-state index in [0.717, 1.165) is 135 Å². The van der Waals surface area contributed by atoms with E-state index in [1.807, 2.05) is 0 Å². The average molecular weight is 943 g/mol. The van der Waals surface area contributed by atoms with E-state index in [-0.39, 0.29) is 31.1 Å². The molecule has 386 valence electrons. The Morgan fingerprint density at radius 2 is 0.574 bits per heavy atom. The Hall–Kier alpha value is -3.93. The number of hydrogen-bond acceptors (Lipinski definition) is 6. The molecule has 68 heavy (non-hydrogen) atoms. The highest BCUT2D eigenvalue weighted by Crippen LogP contribution is 2.14. The van der Waals surface area contributed by atoms with Gasteiger partial charge in [0, 0.05) is 19.3 Å². The predicted octanol–water partition coefficient (Wildman–Crippen LogP) is 18.7. The van der Waals surface area contributed by atoms with Crippen molar-refractivity contribution in [3.05, 3.63) is 109 Å². The van der Waals surface area contributed by atoms with Crippen LogP contribution in [0.4, 0.5) is 0 Å². The van der Waals surface area contributed by atoms with Crippen molar-refractivity contribution < 1.29 is 28.6 Å². The van der Waals surface area contributed by atoms with Crippen molar-refractivity contribution in [2.24, 2.45) is 0 Å². The number of ether oxygens (including phenoxy) is 3. The minimum Gasteiger partial charge on any atom is -0.462 e. The fraction of sp³-hybridized carbons (Fsp3) is 0.661. The molecule has 0 aromatic rings. The first kappa shape index (κ1) is 64.1. The first-order chi connectivity index (χ1) is 33.5. The molecule has 0 heterocycles. The van der Waals surface area contributed by atoms with Crippen molar-refractivity contribution >= 4 is 17.9 Å². The van der Waals surface area contributed by atoms with Crippen LogP contribution < -0.4 is 0 Å². The van der Waals surface area contributed by atoms with Crippen LogP contribution in [-0.4, -0.2) is 37.2 Å². The van der Waals surface area contributed by atoms with Gasteiger partial charge in [-0.25, -0.2) is 0 Å². The number of carbonyl (C=O) groups excluding carboxylic acids is 3. The van der Waals surface area contributed by atoms with E-state index in [4.69, 9.17) is 14.2 Å². The van der Waals surface area contributed by atoms with Gasteiger partial charge in [0.25, 0.3) is 0 Å². The van der Waals surface area contributed by atoms with E-state index in [2.05, 4.69) is 130 Å². The van der Waals surface area contributed by atoms with E-state index < -0.39 is 6.10 Å². The zero-order valence-electron chi connectivity index (χ0n) is 44.1. The second kappa shape index (κ2) is 55.7. The van der Waals surface area contributed by atoms with Gasteiger partial charge >= 0.3 is 17.9 Å². The maximum atomic E-state index is 12.8. The van der Waals surface area contributed by atoms with E-state index in [1.54, 1.807) is 0 Å². The molecule has 0 N–H and O–H groups in total. The highest BCUT2D eigenvalue weighted by atomic mass is 16.6. The number of carbonyl (C=O) groups is 3. The van der Waals surface area contributed by atoms with E-state index in [1.165, 1.54) is 70.6 Å². The van der Waals surface area contributed by atoms with E-state index >= 15 is 0 Å². The monoisotopic (exact) mass is 943 g/mol. The smallest absolute Gasteiger partial charge is 0.306 e. The average Bonchev–Trinajstić information content (AvgIpc) is 3.34. The molecular weight excluding hydrogens is 841 g/mol. The lowest BCUT2D eigenvalue weighted by molar-refractivity contribution is -0.167. The Labute approximate surface area is 419 Å². The standard InChI is InChI=1S/C62H102O6/c1-4-7-10-13-16-18-20-22-24-26-28-29-30-31-32-33-35-36-38-40-42-44-46-49-52-55-61(64)67-58-59(57-66-60(63)54-51-48-15-12-9-6-3)68-62(65)56-53-50-47-45-43-41-39-37-34-27-25-23-21-19-17-14-11-8-5-2/h7-8,10-11,16-19,22-25,28-29,31-32,34,37,59H,4-6,9,12-15,20-21,26-27,30,33,35-36,38-58H2,1-3H3/b10-7-,11-8-,18-16-,19-17-,24-22-,25-23-,29-28-,32-31-,37-34-. The number of hydrogen-bond donors (Lipinski definition) is 0. The molecule has 0 aliphatic heterocycles. The lowest BCUT2D eigenvalue weighted by atomic mass is 10.1. The van der Waals surface area contributed by atoms with Crippen LogP contribution >= 0.6 is 0 Å². The molecule has 6 nitrogen and oxygen atoms in total. The van der Waals surface area contributed by atoms with Crippen molar-refractivity contribution in [2.45, 2.75) is 252 Å². The molecule has 1 atom stereocenters. The summed E-state index contributed by atoms with van der Waals surface area (Å²) in [5.41, 5.74) is 0. The number of allylic oxidation sites excluding steroid dienone is 18. The Kier molecular flexibility index (Phi) is 52.4. The Bertz CT molecular complexity index is 1410. The molecule has 0 saturated heterocycles. The second-order valence-electron chi connectivity index (χ2n) is 18.1. The van der Waals surface area contributed by atoms with Crippen LogP contribution in [0.15, 0.2) is 109 Å². The highest BCUT2D eigenvalue weighted by molar-refractivity contribution is 5.71. The summed E-state index contributed by atoms with van der Waals surface area (Å²) in [5.74, 6) is -0.919. The molecule has 0 radical (unpaired) electrons. The normalized spacial score (nSPS) is 12.9. The van der Waals surface area contributed by atoms with Gasteiger partial charge in [-0.2, -0.15) is 0 Å². The Morgan fingerprint density at radius 1 is 0.309 bits per heavy atom. The third-order valence-corrected chi connectivity index (χ3v) is 11.5. The molecule has 1 unspecified atom stereocenters. The Balaban J connectivity index is 4.20. The van der Waals surface area contributed by atoms with Crippen LogP contribution in [0.1, 0.15) is 245 Å². The lowest BCUT2D eigenvalue weighted by Crippen LogP contribution is -2.30. The van der Waals surface area contributed by atoms with Crippen LogP contribution in [0, 0.1) is 0 Å². The maximum absolute atomic E-state index is 12.8. The second-order valence-corrected chi connectivity index (χ2v) is 18.1. The summed E-state index contributed by atoms with van der Waals surface area (Å²) in [4.78, 5) is 37.9. The number of esters is 3. The van der Waals surface area contributed by atoms with Gasteiger partial charge in [0.05, 0.1) is 0 Å². The molecular formula is C62H102O6. The minimum atomic E-state index is -0.787. The van der Waals surface area contributed by atoms with Crippen molar-refractivity contribution in [3.8, 4) is 0 Å². The van der Waals surface area contributed by atoms with Gasteiger partial charge in [-0.1, -0.05) is 233 Å². The fourth-order valence-corrected chi connectivity index (χ4v) is 7.40. The largest absolute Gasteiger partial charge is 0.462 e. The van der Waals surface area contributed by atoms with Crippen LogP contribution in [0.5, 0.6) is 0 Å². The summed E-state index contributed by atoms with van der Waals surface area (Å²) in [6.07, 6.45) is 75.3. The Morgan fingerprint density at radius 3 is 0.897 bits per heavy atom. The van der Waals surface area contributed by atoms with Gasteiger partial charge < -0.3 is 14.2 Å². The van der Waals surface area contributed by atoms with Crippen LogP contribution in [0.3, 0.4) is 0 Å². The zero-order chi connectivity index (χ0) is 49.3. The molecule has 0 aromatic heterocycles. The van der Waals surface area contributed by atoms with E-state index in [9.17, 15) is 14.4 Å². The lowest BCUT2D eigenvalue weighted by Gasteiger charge is -2.18. The first-order valence-electron chi connectivity index (χ1n) is 27.9. The molecule has 6 heteroatoms. The summed E-state index contributed by atoms with van der Waals surface area (Å²) in [6.45, 7) is 6.33.